The van der Waals surface area contributed by atoms with Crippen molar-refractivity contribution in [2.75, 3.05) is 13.7 Å². The van der Waals surface area contributed by atoms with Crippen molar-refractivity contribution in [2.24, 2.45) is 0 Å². The molecule has 3 nitrogen and oxygen atoms in total. The van der Waals surface area contributed by atoms with E-state index in [1.807, 2.05) is 24.3 Å². The molecule has 2 aromatic carbocycles. The summed E-state index contributed by atoms with van der Waals surface area (Å²) in [4.78, 5) is 0. The van der Waals surface area contributed by atoms with Gasteiger partial charge >= 0.3 is 0 Å². The van der Waals surface area contributed by atoms with E-state index in [1.54, 1.807) is 25.3 Å². The Labute approximate surface area is 130 Å². The zero-order valence-electron chi connectivity index (χ0n) is 12.2. The second kappa shape index (κ2) is 7.34. The summed E-state index contributed by atoms with van der Waals surface area (Å²) in [6, 6.07) is 12.7. The van der Waals surface area contributed by atoms with E-state index in [1.165, 1.54) is 0 Å². The van der Waals surface area contributed by atoms with Gasteiger partial charge in [-0.15, -0.1) is 0 Å². The zero-order chi connectivity index (χ0) is 15.2. The van der Waals surface area contributed by atoms with Crippen LogP contribution in [0.15, 0.2) is 42.5 Å². The van der Waals surface area contributed by atoms with Crippen molar-refractivity contribution in [3.05, 3.63) is 58.6 Å². The molecule has 1 unspecified atom stereocenters. The second-order valence-corrected chi connectivity index (χ2v) is 5.12. The van der Waals surface area contributed by atoms with Crippen LogP contribution in [0.5, 0.6) is 11.5 Å². The first-order valence-electron chi connectivity index (χ1n) is 6.90. The van der Waals surface area contributed by atoms with E-state index in [0.717, 1.165) is 23.3 Å². The average Bonchev–Trinajstić information content (AvgIpc) is 2.53. The summed E-state index contributed by atoms with van der Waals surface area (Å²) in [6.07, 6.45) is 0.197. The average molecular weight is 307 g/mol. The van der Waals surface area contributed by atoms with Gasteiger partial charge in [0.05, 0.1) is 18.7 Å². The minimum absolute atomic E-state index is 0.522. The first kappa shape index (κ1) is 15.7. The third-order valence-electron chi connectivity index (χ3n) is 3.14. The molecule has 2 aromatic rings. The molecule has 0 heterocycles. The number of aliphatic hydroxyl groups is 1. The molecule has 0 fully saturated rings. The second-order valence-electron chi connectivity index (χ2n) is 4.72. The van der Waals surface area contributed by atoms with Gasteiger partial charge in [0.25, 0.3) is 0 Å². The normalized spacial score (nSPS) is 12.0. The molecule has 0 aliphatic heterocycles. The summed E-state index contributed by atoms with van der Waals surface area (Å²) in [6.45, 7) is 2.72. The molecule has 0 aliphatic rings. The number of hydrogen-bond donors (Lipinski definition) is 1. The van der Waals surface area contributed by atoms with Gasteiger partial charge in [0.15, 0.2) is 0 Å². The monoisotopic (exact) mass is 306 g/mol. The maximum atomic E-state index is 10.5. The first-order chi connectivity index (χ1) is 10.2. The molecule has 0 spiro atoms. The molecule has 0 saturated carbocycles. The fourth-order valence-electron chi connectivity index (χ4n) is 2.03. The molecule has 0 saturated heterocycles. The van der Waals surface area contributed by atoms with Crippen LogP contribution in [-0.4, -0.2) is 18.8 Å². The predicted octanol–water partition coefficient (Wildman–Crippen LogP) is 4.22. The highest BCUT2D eigenvalue weighted by Gasteiger charge is 2.13. The van der Waals surface area contributed by atoms with Crippen LogP contribution in [0.4, 0.5) is 0 Å². The Kier molecular flexibility index (Phi) is 5.48. The van der Waals surface area contributed by atoms with E-state index in [4.69, 9.17) is 21.1 Å². The summed E-state index contributed by atoms with van der Waals surface area (Å²) in [5.41, 5.74) is 1.50. The van der Waals surface area contributed by atoms with Crippen LogP contribution in [0.3, 0.4) is 0 Å². The molecule has 0 amide bonds. The predicted molar refractivity (Wildman–Crippen MR) is 84.3 cm³/mol. The molecular formula is C17H19ClO3. The summed E-state index contributed by atoms with van der Waals surface area (Å²) >= 11 is 6.00. The summed E-state index contributed by atoms with van der Waals surface area (Å²) in [5, 5.41) is 11.0. The maximum absolute atomic E-state index is 10.5. The Balaban J connectivity index is 2.24. The molecular weight excluding hydrogens is 288 g/mol. The van der Waals surface area contributed by atoms with Crippen molar-refractivity contribution in [1.82, 2.24) is 0 Å². The van der Waals surface area contributed by atoms with Gasteiger partial charge in [0.2, 0.25) is 0 Å². The highest BCUT2D eigenvalue weighted by Crippen LogP contribution is 2.31. The molecule has 0 aromatic heterocycles. The molecule has 21 heavy (non-hydrogen) atoms. The Morgan fingerprint density at radius 3 is 2.62 bits per heavy atom. The minimum atomic E-state index is -0.749. The highest BCUT2D eigenvalue weighted by molar-refractivity contribution is 6.32. The van der Waals surface area contributed by atoms with Gasteiger partial charge < -0.3 is 14.6 Å². The van der Waals surface area contributed by atoms with E-state index in [-0.39, 0.29) is 0 Å². The van der Waals surface area contributed by atoms with Gasteiger partial charge in [0.1, 0.15) is 17.6 Å². The fraction of sp³-hybridized carbons (Fsp3) is 0.294. The van der Waals surface area contributed by atoms with Crippen molar-refractivity contribution < 1.29 is 14.6 Å². The number of methoxy groups -OCH3 is 1. The highest BCUT2D eigenvalue weighted by atomic mass is 35.5. The van der Waals surface area contributed by atoms with E-state index in [9.17, 15) is 5.11 Å². The molecule has 1 atom stereocenters. The number of hydrogen-bond acceptors (Lipinski definition) is 3. The van der Waals surface area contributed by atoms with Crippen molar-refractivity contribution in [3.8, 4) is 11.5 Å². The topological polar surface area (TPSA) is 38.7 Å². The van der Waals surface area contributed by atoms with E-state index in [2.05, 4.69) is 6.92 Å². The Morgan fingerprint density at radius 2 is 1.90 bits per heavy atom. The molecule has 2 rings (SSSR count). The fourth-order valence-corrected chi connectivity index (χ4v) is 2.23. The quantitative estimate of drug-likeness (QED) is 0.868. The Bertz CT molecular complexity index is 598. The van der Waals surface area contributed by atoms with Crippen LogP contribution < -0.4 is 9.47 Å². The molecule has 0 bridgehead atoms. The molecule has 112 valence electrons. The SMILES string of the molecule is CCCOc1cccc(C(O)c2ccc(Cl)c(OC)c2)c1. The van der Waals surface area contributed by atoms with Gasteiger partial charge in [-0.25, -0.2) is 0 Å². The summed E-state index contributed by atoms with van der Waals surface area (Å²) in [5.74, 6) is 1.31. The lowest BCUT2D eigenvalue weighted by Gasteiger charge is -2.14. The van der Waals surface area contributed by atoms with Crippen LogP contribution in [0.2, 0.25) is 5.02 Å². The Morgan fingerprint density at radius 1 is 1.14 bits per heavy atom. The number of aliphatic hydroxyl groups excluding tert-OH is 1. The molecule has 1 N–H and O–H groups in total. The molecule has 4 heteroatoms. The Hall–Kier alpha value is -1.71. The number of ether oxygens (including phenoxy) is 2. The van der Waals surface area contributed by atoms with Crippen molar-refractivity contribution in [1.29, 1.82) is 0 Å². The largest absolute Gasteiger partial charge is 0.495 e. The van der Waals surface area contributed by atoms with Gasteiger partial charge in [-0.3, -0.25) is 0 Å². The number of halogens is 1. The van der Waals surface area contributed by atoms with E-state index >= 15 is 0 Å². The maximum Gasteiger partial charge on any atom is 0.137 e. The van der Waals surface area contributed by atoms with Gasteiger partial charge in [-0.05, 0) is 41.8 Å². The summed E-state index contributed by atoms with van der Waals surface area (Å²) < 4.78 is 10.8. The lowest BCUT2D eigenvalue weighted by Crippen LogP contribution is -2.02. The standard InChI is InChI=1S/C17H19ClO3/c1-3-9-21-14-6-4-5-12(10-14)17(19)13-7-8-15(18)16(11-13)20-2/h4-8,10-11,17,19H,3,9H2,1-2H3. The third kappa shape index (κ3) is 3.90. The van der Waals surface area contributed by atoms with Crippen LogP contribution >= 0.6 is 11.6 Å². The van der Waals surface area contributed by atoms with Gasteiger partial charge in [0, 0.05) is 0 Å². The number of rotatable bonds is 6. The lowest BCUT2D eigenvalue weighted by atomic mass is 10.0. The smallest absolute Gasteiger partial charge is 0.137 e. The van der Waals surface area contributed by atoms with Gasteiger partial charge in [-0.2, -0.15) is 0 Å². The lowest BCUT2D eigenvalue weighted by molar-refractivity contribution is 0.219. The van der Waals surface area contributed by atoms with E-state index in [0.29, 0.717) is 17.4 Å². The van der Waals surface area contributed by atoms with Crippen LogP contribution in [0.1, 0.15) is 30.6 Å². The third-order valence-corrected chi connectivity index (χ3v) is 3.45. The number of benzene rings is 2. The van der Waals surface area contributed by atoms with Crippen molar-refractivity contribution in [3.63, 3.8) is 0 Å². The summed E-state index contributed by atoms with van der Waals surface area (Å²) in [7, 11) is 1.55. The van der Waals surface area contributed by atoms with Crippen LogP contribution in [-0.2, 0) is 0 Å². The minimum Gasteiger partial charge on any atom is -0.495 e. The zero-order valence-corrected chi connectivity index (χ0v) is 12.9. The van der Waals surface area contributed by atoms with Crippen LogP contribution in [0, 0.1) is 0 Å². The molecule has 0 aliphatic carbocycles. The first-order valence-corrected chi connectivity index (χ1v) is 7.27. The molecule has 0 radical (unpaired) electrons. The van der Waals surface area contributed by atoms with Gasteiger partial charge in [-0.1, -0.05) is 36.7 Å². The van der Waals surface area contributed by atoms with Crippen molar-refractivity contribution in [2.45, 2.75) is 19.4 Å². The van der Waals surface area contributed by atoms with E-state index < -0.39 is 6.10 Å². The van der Waals surface area contributed by atoms with Crippen LogP contribution in [0.25, 0.3) is 0 Å². The van der Waals surface area contributed by atoms with Crippen molar-refractivity contribution >= 4 is 11.6 Å².